The number of amides is 2. The molecule has 1 unspecified atom stereocenters. The Morgan fingerprint density at radius 1 is 1.09 bits per heavy atom. The lowest BCUT2D eigenvalue weighted by molar-refractivity contribution is -0.115. The van der Waals surface area contributed by atoms with Crippen molar-refractivity contribution in [3.8, 4) is 11.3 Å². The largest absolute Gasteiger partial charge is 0.345 e. The summed E-state index contributed by atoms with van der Waals surface area (Å²) in [6.45, 7) is 5.40. The summed E-state index contributed by atoms with van der Waals surface area (Å²) in [4.78, 5) is 29.3. The molecule has 0 saturated heterocycles. The fourth-order valence-corrected chi connectivity index (χ4v) is 3.50. The van der Waals surface area contributed by atoms with E-state index in [1.165, 1.54) is 12.1 Å². The Hall–Kier alpha value is -4.07. The van der Waals surface area contributed by atoms with E-state index >= 15 is 0 Å². The summed E-state index contributed by atoms with van der Waals surface area (Å²) in [5.74, 6) is -0.734. The smallest absolute Gasteiger partial charge is 0.259 e. The maximum absolute atomic E-state index is 13.3. The molecule has 2 N–H and O–H groups in total. The van der Waals surface area contributed by atoms with Gasteiger partial charge in [-0.05, 0) is 61.9 Å². The molecular weight excluding hydrogens is 423 g/mol. The zero-order valence-corrected chi connectivity index (χ0v) is 18.5. The van der Waals surface area contributed by atoms with E-state index in [9.17, 15) is 14.0 Å². The van der Waals surface area contributed by atoms with Gasteiger partial charge < -0.3 is 15.2 Å². The number of anilines is 1. The molecule has 33 heavy (non-hydrogen) atoms. The van der Waals surface area contributed by atoms with Gasteiger partial charge in [-0.15, -0.1) is 0 Å². The van der Waals surface area contributed by atoms with Crippen LogP contribution in [-0.2, 0) is 4.79 Å². The summed E-state index contributed by atoms with van der Waals surface area (Å²) < 4.78 is 18.7. The number of aromatic nitrogens is 2. The third-order valence-electron chi connectivity index (χ3n) is 5.36. The Bertz CT molecular complexity index is 1310. The van der Waals surface area contributed by atoms with Crippen molar-refractivity contribution in [3.05, 3.63) is 77.2 Å². The molecule has 0 aliphatic rings. The Balaban J connectivity index is 1.61. The number of fused-ring (bicyclic) bond motifs is 1. The number of carbonyl (C=O) groups is 2. The average molecular weight is 446 g/mol. The number of benzene rings is 2. The summed E-state index contributed by atoms with van der Waals surface area (Å²) in [6.07, 6.45) is 0.400. The van der Waals surface area contributed by atoms with E-state index in [0.717, 1.165) is 5.56 Å². The quantitative estimate of drug-likeness (QED) is 0.426. The van der Waals surface area contributed by atoms with Crippen molar-refractivity contribution < 1.29 is 18.5 Å². The van der Waals surface area contributed by atoms with Crippen LogP contribution in [0.2, 0.25) is 0 Å². The molecule has 2 amide bonds. The van der Waals surface area contributed by atoms with Crippen LogP contribution in [0.25, 0.3) is 22.4 Å². The van der Waals surface area contributed by atoms with Crippen molar-refractivity contribution in [1.29, 1.82) is 0 Å². The molecule has 4 rings (SSSR count). The van der Waals surface area contributed by atoms with E-state index in [2.05, 4.69) is 20.8 Å². The second-order valence-electron chi connectivity index (χ2n) is 7.73. The van der Waals surface area contributed by atoms with Crippen molar-refractivity contribution >= 4 is 28.6 Å². The number of nitrogens with one attached hydrogen (secondary N) is 2. The van der Waals surface area contributed by atoms with Crippen molar-refractivity contribution in [2.45, 2.75) is 33.2 Å². The van der Waals surface area contributed by atoms with Crippen LogP contribution in [0.15, 0.2) is 59.1 Å². The highest BCUT2D eigenvalue weighted by molar-refractivity contribution is 6.07. The molecule has 0 aliphatic heterocycles. The van der Waals surface area contributed by atoms with Gasteiger partial charge in [0.1, 0.15) is 5.82 Å². The minimum absolute atomic E-state index is 0.0631. The van der Waals surface area contributed by atoms with Crippen LogP contribution in [0.3, 0.4) is 0 Å². The van der Waals surface area contributed by atoms with Gasteiger partial charge in [0.2, 0.25) is 5.91 Å². The van der Waals surface area contributed by atoms with Crippen LogP contribution in [-0.4, -0.2) is 22.0 Å². The Morgan fingerprint density at radius 2 is 1.79 bits per heavy atom. The predicted molar refractivity (Wildman–Crippen MR) is 123 cm³/mol. The molecule has 0 spiro atoms. The minimum Gasteiger partial charge on any atom is -0.345 e. The second-order valence-corrected chi connectivity index (χ2v) is 7.73. The Morgan fingerprint density at radius 3 is 2.45 bits per heavy atom. The summed E-state index contributed by atoms with van der Waals surface area (Å²) in [7, 11) is 0. The molecule has 4 aromatic rings. The van der Waals surface area contributed by atoms with Crippen molar-refractivity contribution in [1.82, 2.24) is 15.5 Å². The number of carbonyl (C=O) groups excluding carboxylic acids is 2. The number of aryl methyl sites for hydroxylation is 1. The first kappa shape index (κ1) is 22.1. The SMILES string of the molecule is CCC(=O)Nc1ccc(C(C)NC(=O)c2cc(-c3ccc(F)cc3)nc3onc(C)c23)cc1. The first-order chi connectivity index (χ1) is 15.9. The molecule has 0 fully saturated rings. The van der Waals surface area contributed by atoms with Gasteiger partial charge in [-0.1, -0.05) is 24.2 Å². The van der Waals surface area contributed by atoms with Crippen molar-refractivity contribution in [2.24, 2.45) is 0 Å². The van der Waals surface area contributed by atoms with Crippen LogP contribution >= 0.6 is 0 Å². The predicted octanol–water partition coefficient (Wildman–Crippen LogP) is 5.18. The van der Waals surface area contributed by atoms with Gasteiger partial charge in [0.25, 0.3) is 11.6 Å². The van der Waals surface area contributed by atoms with Gasteiger partial charge in [0.15, 0.2) is 0 Å². The molecule has 0 bridgehead atoms. The molecule has 0 saturated carbocycles. The summed E-state index contributed by atoms with van der Waals surface area (Å²) >= 11 is 0. The van der Waals surface area contributed by atoms with E-state index in [4.69, 9.17) is 4.52 Å². The summed E-state index contributed by atoms with van der Waals surface area (Å²) in [5.41, 5.74) is 3.87. The Labute approximate surface area is 190 Å². The first-order valence-electron chi connectivity index (χ1n) is 10.6. The number of rotatable bonds is 6. The van der Waals surface area contributed by atoms with Crippen molar-refractivity contribution in [3.63, 3.8) is 0 Å². The van der Waals surface area contributed by atoms with Crippen molar-refractivity contribution in [2.75, 3.05) is 5.32 Å². The number of pyridine rings is 1. The highest BCUT2D eigenvalue weighted by atomic mass is 19.1. The number of hydrogen-bond acceptors (Lipinski definition) is 5. The fraction of sp³-hybridized carbons (Fsp3) is 0.200. The molecule has 168 valence electrons. The van der Waals surface area contributed by atoms with Gasteiger partial charge in [0.05, 0.1) is 28.4 Å². The van der Waals surface area contributed by atoms with Crippen LogP contribution in [0.1, 0.15) is 47.9 Å². The monoisotopic (exact) mass is 446 g/mol. The van der Waals surface area contributed by atoms with Crippen LogP contribution in [0, 0.1) is 12.7 Å². The first-order valence-corrected chi connectivity index (χ1v) is 10.6. The lowest BCUT2D eigenvalue weighted by atomic mass is 10.0. The molecule has 2 heterocycles. The molecule has 0 aliphatic carbocycles. The van der Waals surface area contributed by atoms with Gasteiger partial charge in [-0.3, -0.25) is 9.59 Å². The van der Waals surface area contributed by atoms with E-state index < -0.39 is 0 Å². The summed E-state index contributed by atoms with van der Waals surface area (Å²) in [6, 6.07) is 14.5. The third-order valence-corrected chi connectivity index (χ3v) is 5.36. The lowest BCUT2D eigenvalue weighted by Gasteiger charge is -2.16. The zero-order valence-electron chi connectivity index (χ0n) is 18.5. The Kier molecular flexibility index (Phi) is 6.17. The van der Waals surface area contributed by atoms with Crippen LogP contribution in [0.4, 0.5) is 10.1 Å². The number of nitrogens with zero attached hydrogens (tertiary/aromatic N) is 2. The van der Waals surface area contributed by atoms with Crippen LogP contribution < -0.4 is 10.6 Å². The minimum atomic E-state index is -0.359. The molecule has 7 nitrogen and oxygen atoms in total. The molecular formula is C25H23FN4O3. The lowest BCUT2D eigenvalue weighted by Crippen LogP contribution is -2.27. The van der Waals surface area contributed by atoms with E-state index in [0.29, 0.717) is 40.0 Å². The molecule has 1 atom stereocenters. The fourth-order valence-electron chi connectivity index (χ4n) is 3.50. The van der Waals surface area contributed by atoms with Gasteiger partial charge >= 0.3 is 0 Å². The van der Waals surface area contributed by atoms with Gasteiger partial charge in [0, 0.05) is 17.7 Å². The standard InChI is InChI=1S/C25H23FN4O3/c1-4-22(31)28-19-11-7-16(8-12-19)14(2)27-24(32)20-13-21(17-5-9-18(26)10-6-17)29-25-23(20)15(3)30-33-25/h5-14H,4H2,1-3H3,(H,27,32)(H,28,31). The van der Waals surface area contributed by atoms with E-state index in [1.54, 1.807) is 44.2 Å². The maximum Gasteiger partial charge on any atom is 0.259 e. The highest BCUT2D eigenvalue weighted by Gasteiger charge is 2.21. The average Bonchev–Trinajstić information content (AvgIpc) is 3.20. The normalized spacial score (nSPS) is 11.9. The topological polar surface area (TPSA) is 97.1 Å². The summed E-state index contributed by atoms with van der Waals surface area (Å²) in [5, 5.41) is 10.3. The molecule has 8 heteroatoms. The zero-order chi connectivity index (χ0) is 23.5. The molecule has 0 radical (unpaired) electrons. The molecule has 2 aromatic heterocycles. The third kappa shape index (κ3) is 4.74. The maximum atomic E-state index is 13.3. The number of hydrogen-bond donors (Lipinski definition) is 2. The number of halogens is 1. The van der Waals surface area contributed by atoms with E-state index in [-0.39, 0.29) is 29.4 Å². The van der Waals surface area contributed by atoms with Gasteiger partial charge in [-0.25, -0.2) is 9.37 Å². The highest BCUT2D eigenvalue weighted by Crippen LogP contribution is 2.28. The molecule has 2 aromatic carbocycles. The second kappa shape index (κ2) is 9.20. The van der Waals surface area contributed by atoms with Gasteiger partial charge in [-0.2, -0.15) is 0 Å². The van der Waals surface area contributed by atoms with Crippen LogP contribution in [0.5, 0.6) is 0 Å². The van der Waals surface area contributed by atoms with E-state index in [1.807, 2.05) is 19.1 Å².